The first-order valence-corrected chi connectivity index (χ1v) is 6.36. The Morgan fingerprint density at radius 3 is 2.72 bits per heavy atom. The normalized spacial score (nSPS) is 11.4. The first-order valence-electron chi connectivity index (χ1n) is 5.38. The van der Waals surface area contributed by atoms with E-state index in [2.05, 4.69) is 0 Å². The Kier molecular flexibility index (Phi) is 5.98. The summed E-state index contributed by atoms with van der Waals surface area (Å²) in [5, 5.41) is 0.0516. The smallest absolute Gasteiger partial charge is 0.266 e. The van der Waals surface area contributed by atoms with E-state index in [-0.39, 0.29) is 5.12 Å². The number of alkyl halides is 2. The molecule has 0 spiro atoms. The van der Waals surface area contributed by atoms with Crippen LogP contribution in [-0.4, -0.2) is 10.9 Å². The minimum Gasteiger partial charge on any atom is -0.288 e. The Morgan fingerprint density at radius 1 is 1.44 bits per heavy atom. The van der Waals surface area contributed by atoms with E-state index in [1.165, 1.54) is 24.8 Å². The van der Waals surface area contributed by atoms with Crippen molar-refractivity contribution in [3.63, 3.8) is 0 Å². The van der Waals surface area contributed by atoms with Crippen LogP contribution in [0, 0.1) is 5.82 Å². The maximum atomic E-state index is 13.2. The van der Waals surface area contributed by atoms with Gasteiger partial charge in [-0.25, -0.2) is 13.2 Å². The van der Waals surface area contributed by atoms with Crippen molar-refractivity contribution in [3.8, 4) is 0 Å². The van der Waals surface area contributed by atoms with Crippen molar-refractivity contribution in [1.29, 1.82) is 0 Å². The quantitative estimate of drug-likeness (QED) is 0.738. The van der Waals surface area contributed by atoms with Crippen molar-refractivity contribution in [2.45, 2.75) is 19.8 Å². The Labute approximate surface area is 108 Å². The van der Waals surface area contributed by atoms with Crippen LogP contribution in [0.4, 0.5) is 13.2 Å². The second-order valence-electron chi connectivity index (χ2n) is 3.61. The Balaban J connectivity index is 2.55. The highest BCUT2D eigenvalue weighted by Gasteiger charge is 2.12. The number of hydrogen-bond donors (Lipinski definition) is 0. The van der Waals surface area contributed by atoms with Gasteiger partial charge in [-0.3, -0.25) is 4.79 Å². The van der Waals surface area contributed by atoms with Gasteiger partial charge in [0.15, 0.2) is 5.12 Å². The molecule has 0 aliphatic carbocycles. The molecule has 5 heteroatoms. The Hall–Kier alpha value is -1.23. The van der Waals surface area contributed by atoms with Crippen LogP contribution >= 0.6 is 11.8 Å². The average Bonchev–Trinajstić information content (AvgIpc) is 2.27. The molecule has 0 aliphatic heterocycles. The zero-order valence-corrected chi connectivity index (χ0v) is 10.6. The number of rotatable bonds is 5. The third kappa shape index (κ3) is 4.96. The summed E-state index contributed by atoms with van der Waals surface area (Å²) in [6, 6.07) is 3.61. The van der Waals surface area contributed by atoms with E-state index in [1.807, 2.05) is 0 Å². The molecule has 98 valence electrons. The second kappa shape index (κ2) is 7.26. The van der Waals surface area contributed by atoms with Gasteiger partial charge in [-0.15, -0.1) is 0 Å². The molecular weight excluding hydrogens is 261 g/mol. The van der Waals surface area contributed by atoms with Crippen molar-refractivity contribution in [2.75, 3.05) is 5.75 Å². The second-order valence-corrected chi connectivity index (χ2v) is 4.88. The fourth-order valence-corrected chi connectivity index (χ4v) is 1.86. The summed E-state index contributed by atoms with van der Waals surface area (Å²) in [6.45, 7) is 1.49. The van der Waals surface area contributed by atoms with Crippen LogP contribution < -0.4 is 0 Å². The molecule has 0 unspecified atom stereocenters. The lowest BCUT2D eigenvalue weighted by Crippen LogP contribution is -1.90. The van der Waals surface area contributed by atoms with Crippen molar-refractivity contribution in [3.05, 3.63) is 41.2 Å². The summed E-state index contributed by atoms with van der Waals surface area (Å²) < 4.78 is 37.8. The number of thioether (sulfide) groups is 1. The Morgan fingerprint density at radius 2 is 2.17 bits per heavy atom. The van der Waals surface area contributed by atoms with Crippen LogP contribution in [0.15, 0.2) is 24.3 Å². The summed E-state index contributed by atoms with van der Waals surface area (Å²) in [7, 11) is 0. The molecule has 0 heterocycles. The summed E-state index contributed by atoms with van der Waals surface area (Å²) >= 11 is 1.21. The molecule has 0 fully saturated rings. The predicted octanol–water partition coefficient (Wildman–Crippen LogP) is 4.45. The van der Waals surface area contributed by atoms with Gasteiger partial charge in [-0.05, 0) is 24.1 Å². The van der Waals surface area contributed by atoms with Crippen LogP contribution in [0.5, 0.6) is 0 Å². The Bertz CT molecular complexity index is 444. The fourth-order valence-electron chi connectivity index (χ4n) is 1.31. The van der Waals surface area contributed by atoms with E-state index in [4.69, 9.17) is 0 Å². The summed E-state index contributed by atoms with van der Waals surface area (Å²) in [5.41, 5.74) is -0.0518. The van der Waals surface area contributed by atoms with Gasteiger partial charge >= 0.3 is 0 Å². The highest BCUT2D eigenvalue weighted by atomic mass is 32.2. The maximum Gasteiger partial charge on any atom is 0.266 e. The number of allylic oxidation sites excluding steroid dienone is 1. The van der Waals surface area contributed by atoms with Gasteiger partial charge < -0.3 is 0 Å². The molecule has 0 N–H and O–H groups in total. The lowest BCUT2D eigenvalue weighted by atomic mass is 10.1. The summed E-state index contributed by atoms with van der Waals surface area (Å²) in [6.07, 6.45) is 1.31. The van der Waals surface area contributed by atoms with Gasteiger partial charge in [0.25, 0.3) is 6.43 Å². The van der Waals surface area contributed by atoms with E-state index in [0.29, 0.717) is 17.7 Å². The largest absolute Gasteiger partial charge is 0.288 e. The fraction of sp³-hybridized carbons (Fsp3) is 0.308. The number of hydrogen-bond acceptors (Lipinski definition) is 2. The van der Waals surface area contributed by atoms with Crippen LogP contribution in [0.25, 0.3) is 6.08 Å². The minimum atomic E-state index is -2.80. The van der Waals surface area contributed by atoms with Crippen LogP contribution in [0.3, 0.4) is 0 Å². The molecule has 1 aromatic carbocycles. The maximum absolute atomic E-state index is 13.2. The number of halogens is 3. The molecule has 1 nitrogen and oxygen atoms in total. The van der Waals surface area contributed by atoms with Crippen molar-refractivity contribution >= 4 is 23.0 Å². The van der Waals surface area contributed by atoms with Gasteiger partial charge in [0.1, 0.15) is 5.82 Å². The third-order valence-electron chi connectivity index (χ3n) is 2.16. The van der Waals surface area contributed by atoms with Crippen LogP contribution in [0.1, 0.15) is 30.9 Å². The first kappa shape index (κ1) is 14.8. The standard InChI is InChI=1S/C13H13F3OS/c1-9(17)18-7-3-2-4-10-5-6-11(13(15)16)12(14)8-10/h2,4-6,8,13H,3,7H2,1H3. The molecule has 0 amide bonds. The topological polar surface area (TPSA) is 17.1 Å². The average molecular weight is 274 g/mol. The van der Waals surface area contributed by atoms with Crippen LogP contribution in [-0.2, 0) is 4.79 Å². The van der Waals surface area contributed by atoms with Gasteiger partial charge in [-0.2, -0.15) is 0 Å². The number of benzene rings is 1. The van der Waals surface area contributed by atoms with E-state index in [0.717, 1.165) is 12.1 Å². The highest BCUT2D eigenvalue weighted by Crippen LogP contribution is 2.23. The van der Waals surface area contributed by atoms with Crippen molar-refractivity contribution < 1.29 is 18.0 Å². The monoisotopic (exact) mass is 274 g/mol. The number of carbonyl (C=O) groups excluding carboxylic acids is 1. The molecule has 1 aromatic rings. The SMILES string of the molecule is CC(=O)SCCC=Cc1ccc(C(F)F)c(F)c1. The van der Waals surface area contributed by atoms with E-state index in [9.17, 15) is 18.0 Å². The highest BCUT2D eigenvalue weighted by molar-refractivity contribution is 8.13. The predicted molar refractivity (Wildman–Crippen MR) is 68.1 cm³/mol. The van der Waals surface area contributed by atoms with E-state index < -0.39 is 17.8 Å². The van der Waals surface area contributed by atoms with Crippen LogP contribution in [0.2, 0.25) is 0 Å². The molecule has 18 heavy (non-hydrogen) atoms. The molecule has 0 saturated carbocycles. The summed E-state index contributed by atoms with van der Waals surface area (Å²) in [5.74, 6) is -0.242. The van der Waals surface area contributed by atoms with Crippen molar-refractivity contribution in [2.24, 2.45) is 0 Å². The van der Waals surface area contributed by atoms with Gasteiger partial charge in [0, 0.05) is 12.7 Å². The minimum absolute atomic E-state index is 0.0516. The molecule has 0 radical (unpaired) electrons. The lowest BCUT2D eigenvalue weighted by molar-refractivity contribution is -0.109. The molecule has 0 aromatic heterocycles. The first-order chi connectivity index (χ1) is 8.50. The number of carbonyl (C=O) groups is 1. The van der Waals surface area contributed by atoms with Gasteiger partial charge in [0.2, 0.25) is 0 Å². The molecule has 0 atom stereocenters. The van der Waals surface area contributed by atoms with Crippen molar-refractivity contribution in [1.82, 2.24) is 0 Å². The summed E-state index contributed by atoms with van der Waals surface area (Å²) in [4.78, 5) is 10.6. The van der Waals surface area contributed by atoms with Gasteiger partial charge in [-0.1, -0.05) is 30.0 Å². The lowest BCUT2D eigenvalue weighted by Gasteiger charge is -2.02. The molecule has 0 saturated heterocycles. The van der Waals surface area contributed by atoms with E-state index in [1.54, 1.807) is 12.2 Å². The molecular formula is C13H13F3OS. The zero-order chi connectivity index (χ0) is 13.5. The van der Waals surface area contributed by atoms with E-state index >= 15 is 0 Å². The molecule has 0 aliphatic rings. The molecule has 0 bridgehead atoms. The van der Waals surface area contributed by atoms with Gasteiger partial charge in [0.05, 0.1) is 5.56 Å². The third-order valence-corrected chi connectivity index (χ3v) is 3.01. The zero-order valence-electron chi connectivity index (χ0n) is 9.83. The molecule has 1 rings (SSSR count).